The van der Waals surface area contributed by atoms with Gasteiger partial charge in [-0.15, -0.1) is 0 Å². The zero-order chi connectivity index (χ0) is 19.9. The number of ether oxygens (including phenoxy) is 2. The van der Waals surface area contributed by atoms with Crippen molar-refractivity contribution < 1.29 is 27.4 Å². The minimum Gasteiger partial charge on any atom is -0.454 e. The third-order valence-corrected chi connectivity index (χ3v) is 4.15. The van der Waals surface area contributed by atoms with Gasteiger partial charge in [0.2, 0.25) is 6.79 Å². The van der Waals surface area contributed by atoms with Crippen LogP contribution in [0.5, 0.6) is 11.5 Å². The second-order valence-corrected chi connectivity index (χ2v) is 6.15. The lowest BCUT2D eigenvalue weighted by Crippen LogP contribution is -2.24. The molecule has 3 heterocycles. The number of amides is 1. The first-order chi connectivity index (χ1) is 13.4. The summed E-state index contributed by atoms with van der Waals surface area (Å²) in [6, 6.07) is 6.89. The zero-order valence-corrected chi connectivity index (χ0v) is 14.7. The third-order valence-electron chi connectivity index (χ3n) is 4.15. The maximum atomic E-state index is 13.6. The molecule has 0 radical (unpaired) electrons. The number of benzene rings is 1. The number of halogens is 3. The molecule has 0 saturated heterocycles. The molecule has 146 valence electrons. The van der Waals surface area contributed by atoms with E-state index in [0.29, 0.717) is 34.5 Å². The van der Waals surface area contributed by atoms with Crippen LogP contribution in [0.2, 0.25) is 0 Å². The molecular weight excluding hydrogens is 377 g/mol. The first-order valence-electron chi connectivity index (χ1n) is 8.53. The summed E-state index contributed by atoms with van der Waals surface area (Å²) in [4.78, 5) is 16.3. The molecule has 2 aromatic heterocycles. The summed E-state index contributed by atoms with van der Waals surface area (Å²) in [6.45, 7) is 2.32. The molecule has 0 aliphatic carbocycles. The van der Waals surface area contributed by atoms with E-state index in [2.05, 4.69) is 15.4 Å². The summed E-state index contributed by atoms with van der Waals surface area (Å²) < 4.78 is 52.0. The summed E-state index contributed by atoms with van der Waals surface area (Å²) in [7, 11) is 0. The van der Waals surface area contributed by atoms with E-state index in [0.717, 1.165) is 6.07 Å². The largest absolute Gasteiger partial charge is 0.454 e. The fraction of sp³-hybridized carbons (Fsp3) is 0.278. The van der Waals surface area contributed by atoms with Gasteiger partial charge < -0.3 is 14.8 Å². The summed E-state index contributed by atoms with van der Waals surface area (Å²) >= 11 is 0. The standard InChI is InChI=1S/C18H15F3N4O3/c1-2-5-22-17(26)12-8-16-23-11(7-15(18(19,20)21)25(16)24-12)10-3-4-13-14(6-10)28-9-27-13/h3-4,6-8H,2,5,9H2,1H3,(H,22,26). The highest BCUT2D eigenvalue weighted by Gasteiger charge is 2.35. The number of carbonyl (C=O) groups excluding carboxylic acids is 1. The highest BCUT2D eigenvalue weighted by atomic mass is 19.4. The molecule has 28 heavy (non-hydrogen) atoms. The number of alkyl halides is 3. The SMILES string of the molecule is CCCNC(=O)c1cc2nc(-c3ccc4c(c3)OCO4)cc(C(F)(F)F)n2n1. The number of rotatable bonds is 4. The lowest BCUT2D eigenvalue weighted by atomic mass is 10.1. The van der Waals surface area contributed by atoms with Crippen LogP contribution < -0.4 is 14.8 Å². The van der Waals surface area contributed by atoms with Gasteiger partial charge in [-0.3, -0.25) is 4.79 Å². The van der Waals surface area contributed by atoms with Crippen molar-refractivity contribution in [1.82, 2.24) is 19.9 Å². The Balaban J connectivity index is 1.83. The Hall–Kier alpha value is -3.30. The number of nitrogens with one attached hydrogen (secondary N) is 1. The average Bonchev–Trinajstić information content (AvgIpc) is 3.30. The van der Waals surface area contributed by atoms with Crippen molar-refractivity contribution in [3.63, 3.8) is 0 Å². The first kappa shape index (κ1) is 18.1. The van der Waals surface area contributed by atoms with Crippen LogP contribution >= 0.6 is 0 Å². The maximum absolute atomic E-state index is 13.6. The molecule has 0 unspecified atom stereocenters. The molecule has 1 aromatic carbocycles. The van der Waals surface area contributed by atoms with Crippen LogP contribution in [0.25, 0.3) is 16.9 Å². The molecule has 0 fully saturated rings. The van der Waals surface area contributed by atoms with E-state index < -0.39 is 17.8 Å². The van der Waals surface area contributed by atoms with Gasteiger partial charge >= 0.3 is 6.18 Å². The number of nitrogens with zero attached hydrogens (tertiary/aromatic N) is 3. The predicted octanol–water partition coefficient (Wildman–Crippen LogP) is 3.28. The van der Waals surface area contributed by atoms with Gasteiger partial charge in [-0.2, -0.15) is 18.3 Å². The summed E-state index contributed by atoms with van der Waals surface area (Å²) in [5, 5.41) is 6.39. The Morgan fingerprint density at radius 1 is 1.21 bits per heavy atom. The zero-order valence-electron chi connectivity index (χ0n) is 14.7. The molecule has 1 aliphatic rings. The van der Waals surface area contributed by atoms with Crippen LogP contribution in [-0.2, 0) is 6.18 Å². The van der Waals surface area contributed by atoms with Crippen molar-refractivity contribution in [3.05, 3.63) is 41.7 Å². The van der Waals surface area contributed by atoms with Crippen LogP contribution in [0.3, 0.4) is 0 Å². The Morgan fingerprint density at radius 3 is 2.75 bits per heavy atom. The van der Waals surface area contributed by atoms with Crippen molar-refractivity contribution in [3.8, 4) is 22.8 Å². The molecule has 7 nitrogen and oxygen atoms in total. The van der Waals surface area contributed by atoms with Crippen LogP contribution in [0.1, 0.15) is 29.5 Å². The van der Waals surface area contributed by atoms with Crippen molar-refractivity contribution >= 4 is 11.6 Å². The van der Waals surface area contributed by atoms with Gasteiger partial charge in [-0.05, 0) is 30.7 Å². The Labute approximate surface area is 157 Å². The lowest BCUT2D eigenvalue weighted by molar-refractivity contribution is -0.142. The monoisotopic (exact) mass is 392 g/mol. The van der Waals surface area contributed by atoms with E-state index in [-0.39, 0.29) is 23.8 Å². The molecule has 1 aliphatic heterocycles. The minimum atomic E-state index is -4.69. The average molecular weight is 392 g/mol. The van der Waals surface area contributed by atoms with E-state index in [1.54, 1.807) is 18.2 Å². The molecule has 10 heteroatoms. The second kappa shape index (κ2) is 6.70. The molecule has 3 aromatic rings. The van der Waals surface area contributed by atoms with E-state index in [1.165, 1.54) is 6.07 Å². The molecule has 0 saturated carbocycles. The van der Waals surface area contributed by atoms with E-state index in [9.17, 15) is 18.0 Å². The quantitative estimate of drug-likeness (QED) is 0.737. The Kier molecular flexibility index (Phi) is 4.33. The van der Waals surface area contributed by atoms with E-state index >= 15 is 0 Å². The van der Waals surface area contributed by atoms with Crippen LogP contribution in [0, 0.1) is 0 Å². The smallest absolute Gasteiger partial charge is 0.433 e. The van der Waals surface area contributed by atoms with Gasteiger partial charge in [0.25, 0.3) is 5.91 Å². The number of aromatic nitrogens is 3. The molecule has 1 N–H and O–H groups in total. The molecule has 0 spiro atoms. The predicted molar refractivity (Wildman–Crippen MR) is 92.2 cm³/mol. The highest BCUT2D eigenvalue weighted by molar-refractivity contribution is 5.93. The number of fused-ring (bicyclic) bond motifs is 2. The van der Waals surface area contributed by atoms with Crippen molar-refractivity contribution in [1.29, 1.82) is 0 Å². The maximum Gasteiger partial charge on any atom is 0.433 e. The van der Waals surface area contributed by atoms with Crippen LogP contribution in [-0.4, -0.2) is 33.8 Å². The van der Waals surface area contributed by atoms with Gasteiger partial charge in [0.1, 0.15) is 0 Å². The second-order valence-electron chi connectivity index (χ2n) is 6.15. The van der Waals surface area contributed by atoms with Gasteiger partial charge in [0, 0.05) is 18.2 Å². The van der Waals surface area contributed by atoms with Crippen molar-refractivity contribution in [2.75, 3.05) is 13.3 Å². The lowest BCUT2D eigenvalue weighted by Gasteiger charge is -2.11. The molecular formula is C18H15F3N4O3. The minimum absolute atomic E-state index is 0.0535. The van der Waals surface area contributed by atoms with Crippen LogP contribution in [0.15, 0.2) is 30.3 Å². The van der Waals surface area contributed by atoms with E-state index in [4.69, 9.17) is 9.47 Å². The number of carbonyl (C=O) groups is 1. The van der Waals surface area contributed by atoms with Gasteiger partial charge in [-0.1, -0.05) is 6.92 Å². The summed E-state index contributed by atoms with van der Waals surface area (Å²) in [5.74, 6) is 0.395. The Bertz CT molecular complexity index is 1060. The van der Waals surface area contributed by atoms with Crippen molar-refractivity contribution in [2.24, 2.45) is 0 Å². The summed E-state index contributed by atoms with van der Waals surface area (Å²) in [5.41, 5.74) is -0.730. The van der Waals surface area contributed by atoms with E-state index in [1.807, 2.05) is 6.92 Å². The summed E-state index contributed by atoms with van der Waals surface area (Å²) in [6.07, 6.45) is -3.99. The van der Waals surface area contributed by atoms with Gasteiger partial charge in [0.15, 0.2) is 28.5 Å². The highest BCUT2D eigenvalue weighted by Crippen LogP contribution is 2.37. The number of hydrogen-bond acceptors (Lipinski definition) is 5. The fourth-order valence-electron chi connectivity index (χ4n) is 2.82. The van der Waals surface area contributed by atoms with Crippen LogP contribution in [0.4, 0.5) is 13.2 Å². The first-order valence-corrected chi connectivity index (χ1v) is 8.53. The Morgan fingerprint density at radius 2 is 2.00 bits per heavy atom. The van der Waals surface area contributed by atoms with Gasteiger partial charge in [0.05, 0.1) is 5.69 Å². The van der Waals surface area contributed by atoms with Crippen molar-refractivity contribution in [2.45, 2.75) is 19.5 Å². The number of hydrogen-bond donors (Lipinski definition) is 1. The molecule has 1 amide bonds. The molecule has 0 atom stereocenters. The molecule has 4 rings (SSSR count). The molecule has 0 bridgehead atoms. The van der Waals surface area contributed by atoms with Gasteiger partial charge in [-0.25, -0.2) is 9.50 Å². The third kappa shape index (κ3) is 3.21. The topological polar surface area (TPSA) is 77.8 Å². The fourth-order valence-corrected chi connectivity index (χ4v) is 2.82. The normalized spacial score (nSPS) is 13.1.